The van der Waals surface area contributed by atoms with Crippen molar-refractivity contribution >= 4 is 17.6 Å². The van der Waals surface area contributed by atoms with Crippen LogP contribution in [0.15, 0.2) is 48.5 Å². The lowest BCUT2D eigenvalue weighted by Gasteiger charge is -2.08. The van der Waals surface area contributed by atoms with E-state index in [2.05, 4.69) is 0 Å². The summed E-state index contributed by atoms with van der Waals surface area (Å²) in [4.78, 5) is 11.5. The third-order valence-corrected chi connectivity index (χ3v) is 3.12. The van der Waals surface area contributed by atoms with Crippen LogP contribution in [-0.2, 0) is 22.6 Å². The van der Waals surface area contributed by atoms with Crippen molar-refractivity contribution in [2.24, 2.45) is 0 Å². The summed E-state index contributed by atoms with van der Waals surface area (Å²) in [7, 11) is 0. The van der Waals surface area contributed by atoms with Crippen molar-refractivity contribution in [1.82, 2.24) is 0 Å². The molecule has 110 valence electrons. The van der Waals surface area contributed by atoms with Crippen molar-refractivity contribution in [3.63, 3.8) is 0 Å². The Morgan fingerprint density at radius 3 is 2.57 bits per heavy atom. The van der Waals surface area contributed by atoms with Crippen LogP contribution in [0.4, 0.5) is 0 Å². The zero-order valence-electron chi connectivity index (χ0n) is 11.8. The van der Waals surface area contributed by atoms with Gasteiger partial charge in [-0.15, -0.1) is 0 Å². The minimum absolute atomic E-state index is 0.229. The monoisotopic (exact) mass is 304 g/mol. The van der Waals surface area contributed by atoms with Gasteiger partial charge in [0.2, 0.25) is 0 Å². The van der Waals surface area contributed by atoms with Gasteiger partial charge in [-0.2, -0.15) is 0 Å². The second-order valence-corrected chi connectivity index (χ2v) is 4.98. The molecule has 0 spiro atoms. The summed E-state index contributed by atoms with van der Waals surface area (Å²) in [5.74, 6) is 0.499. The second-order valence-electron chi connectivity index (χ2n) is 4.54. The van der Waals surface area contributed by atoms with Crippen LogP contribution in [-0.4, -0.2) is 12.6 Å². The van der Waals surface area contributed by atoms with Crippen LogP contribution in [0, 0.1) is 0 Å². The molecule has 0 aliphatic rings. The summed E-state index contributed by atoms with van der Waals surface area (Å²) in [6.45, 7) is 2.65. The molecule has 0 amide bonds. The Morgan fingerprint density at radius 1 is 1.10 bits per heavy atom. The van der Waals surface area contributed by atoms with Crippen LogP contribution in [0.2, 0.25) is 5.02 Å². The first-order valence-corrected chi connectivity index (χ1v) is 7.17. The van der Waals surface area contributed by atoms with E-state index in [1.807, 2.05) is 48.5 Å². The van der Waals surface area contributed by atoms with E-state index < -0.39 is 0 Å². The van der Waals surface area contributed by atoms with Crippen LogP contribution in [0.5, 0.6) is 5.75 Å². The summed E-state index contributed by atoms with van der Waals surface area (Å²) in [6.07, 6.45) is 0.256. The first-order valence-electron chi connectivity index (χ1n) is 6.79. The molecule has 0 saturated heterocycles. The molecular formula is C17H17ClO3. The molecule has 0 aliphatic carbocycles. The summed E-state index contributed by atoms with van der Waals surface area (Å²) < 4.78 is 10.7. The minimum atomic E-state index is -0.229. The van der Waals surface area contributed by atoms with Crippen LogP contribution < -0.4 is 4.74 Å². The van der Waals surface area contributed by atoms with Gasteiger partial charge in [-0.1, -0.05) is 35.9 Å². The third kappa shape index (κ3) is 5.12. The molecule has 0 aliphatic heterocycles. The fourth-order valence-electron chi connectivity index (χ4n) is 1.87. The molecule has 0 saturated carbocycles. The highest BCUT2D eigenvalue weighted by molar-refractivity contribution is 6.30. The van der Waals surface area contributed by atoms with E-state index in [0.29, 0.717) is 18.2 Å². The van der Waals surface area contributed by atoms with Gasteiger partial charge in [-0.3, -0.25) is 4.79 Å². The zero-order valence-corrected chi connectivity index (χ0v) is 12.6. The molecule has 0 bridgehead atoms. The maximum Gasteiger partial charge on any atom is 0.310 e. The lowest BCUT2D eigenvalue weighted by Crippen LogP contribution is -2.07. The van der Waals surface area contributed by atoms with Crippen molar-refractivity contribution in [1.29, 1.82) is 0 Å². The molecule has 0 atom stereocenters. The zero-order chi connectivity index (χ0) is 15.1. The van der Waals surface area contributed by atoms with E-state index in [1.54, 1.807) is 6.92 Å². The Morgan fingerprint density at radius 2 is 1.86 bits per heavy atom. The molecular weight excluding hydrogens is 288 g/mol. The first kappa shape index (κ1) is 15.4. The van der Waals surface area contributed by atoms with Crippen LogP contribution in [0.1, 0.15) is 18.1 Å². The number of hydrogen-bond acceptors (Lipinski definition) is 3. The van der Waals surface area contributed by atoms with Gasteiger partial charge >= 0.3 is 5.97 Å². The normalized spacial score (nSPS) is 10.2. The molecule has 2 aromatic carbocycles. The Hall–Kier alpha value is -2.00. The molecule has 0 radical (unpaired) electrons. The number of rotatable bonds is 6. The van der Waals surface area contributed by atoms with E-state index in [-0.39, 0.29) is 12.4 Å². The van der Waals surface area contributed by atoms with E-state index >= 15 is 0 Å². The van der Waals surface area contributed by atoms with Gasteiger partial charge in [-0.05, 0) is 42.3 Å². The third-order valence-electron chi connectivity index (χ3n) is 2.87. The predicted octanol–water partition coefficient (Wildman–Crippen LogP) is 4.02. The van der Waals surface area contributed by atoms with Crippen LogP contribution >= 0.6 is 11.6 Å². The highest BCUT2D eigenvalue weighted by Crippen LogP contribution is 2.17. The SMILES string of the molecule is CCOC(=O)Cc1cccc(OCc2ccc(Cl)cc2)c1. The van der Waals surface area contributed by atoms with Crippen LogP contribution in [0.3, 0.4) is 0 Å². The molecule has 4 heteroatoms. The van der Waals surface area contributed by atoms with E-state index in [9.17, 15) is 4.79 Å². The molecule has 0 aromatic heterocycles. The van der Waals surface area contributed by atoms with Crippen molar-refractivity contribution < 1.29 is 14.3 Å². The smallest absolute Gasteiger partial charge is 0.310 e. The maximum absolute atomic E-state index is 11.5. The summed E-state index contributed by atoms with van der Waals surface area (Å²) >= 11 is 5.84. The maximum atomic E-state index is 11.5. The lowest BCUT2D eigenvalue weighted by molar-refractivity contribution is -0.142. The molecule has 3 nitrogen and oxygen atoms in total. The average Bonchev–Trinajstić information content (AvgIpc) is 2.47. The number of carbonyl (C=O) groups is 1. The standard InChI is InChI=1S/C17H17ClO3/c1-2-20-17(19)11-14-4-3-5-16(10-14)21-12-13-6-8-15(18)9-7-13/h3-10H,2,11-12H2,1H3. The lowest BCUT2D eigenvalue weighted by atomic mass is 10.1. The van der Waals surface area contributed by atoms with Gasteiger partial charge in [0, 0.05) is 5.02 Å². The number of benzene rings is 2. The molecule has 0 N–H and O–H groups in total. The molecule has 0 unspecified atom stereocenters. The van der Waals surface area contributed by atoms with Gasteiger partial charge in [0.1, 0.15) is 12.4 Å². The van der Waals surface area contributed by atoms with Gasteiger partial charge in [0.05, 0.1) is 13.0 Å². The molecule has 2 rings (SSSR count). The van der Waals surface area contributed by atoms with Crippen LogP contribution in [0.25, 0.3) is 0 Å². The van der Waals surface area contributed by atoms with E-state index in [0.717, 1.165) is 16.9 Å². The highest BCUT2D eigenvalue weighted by atomic mass is 35.5. The van der Waals surface area contributed by atoms with Gasteiger partial charge < -0.3 is 9.47 Å². The van der Waals surface area contributed by atoms with E-state index in [4.69, 9.17) is 21.1 Å². The highest BCUT2D eigenvalue weighted by Gasteiger charge is 2.05. The van der Waals surface area contributed by atoms with Crippen molar-refractivity contribution in [3.05, 3.63) is 64.7 Å². The number of carbonyl (C=O) groups excluding carboxylic acids is 1. The summed E-state index contributed by atoms with van der Waals surface area (Å²) in [6, 6.07) is 15.0. The molecule has 2 aromatic rings. The Kier molecular flexibility index (Phi) is 5.64. The largest absolute Gasteiger partial charge is 0.489 e. The number of halogens is 1. The van der Waals surface area contributed by atoms with Gasteiger partial charge in [0.25, 0.3) is 0 Å². The van der Waals surface area contributed by atoms with E-state index in [1.165, 1.54) is 0 Å². The molecule has 21 heavy (non-hydrogen) atoms. The number of ether oxygens (including phenoxy) is 2. The van der Waals surface area contributed by atoms with Crippen molar-refractivity contribution in [3.8, 4) is 5.75 Å². The topological polar surface area (TPSA) is 35.5 Å². The molecule has 0 fully saturated rings. The van der Waals surface area contributed by atoms with Gasteiger partial charge in [0.15, 0.2) is 0 Å². The average molecular weight is 305 g/mol. The summed E-state index contributed by atoms with van der Waals surface area (Å²) in [5.41, 5.74) is 1.91. The second kappa shape index (κ2) is 7.70. The first-order chi connectivity index (χ1) is 10.2. The van der Waals surface area contributed by atoms with Crippen molar-refractivity contribution in [2.75, 3.05) is 6.61 Å². The molecule has 0 heterocycles. The van der Waals surface area contributed by atoms with Gasteiger partial charge in [-0.25, -0.2) is 0 Å². The van der Waals surface area contributed by atoms with Crippen molar-refractivity contribution in [2.45, 2.75) is 20.0 Å². The Balaban J connectivity index is 1.94. The predicted molar refractivity (Wildman–Crippen MR) is 82.6 cm³/mol. The Labute approximate surface area is 129 Å². The minimum Gasteiger partial charge on any atom is -0.489 e. The number of esters is 1. The fourth-order valence-corrected chi connectivity index (χ4v) is 2.00. The summed E-state index contributed by atoms with van der Waals surface area (Å²) in [5, 5.41) is 0.704. The fraction of sp³-hybridized carbons (Fsp3) is 0.235. The Bertz CT molecular complexity index is 593. The quantitative estimate of drug-likeness (QED) is 0.756. The number of hydrogen-bond donors (Lipinski definition) is 0.